The van der Waals surface area contributed by atoms with Gasteiger partial charge in [0.1, 0.15) is 11.4 Å². The summed E-state index contributed by atoms with van der Waals surface area (Å²) in [6.07, 6.45) is 6.37. The molecule has 20 heavy (non-hydrogen) atoms. The Kier molecular flexibility index (Phi) is 6.46. The number of carbonyl (C=O) groups is 1. The minimum Gasteiger partial charge on any atom is -0.478 e. The van der Waals surface area contributed by atoms with Gasteiger partial charge in [-0.1, -0.05) is 40.0 Å². The highest BCUT2D eigenvalue weighted by Crippen LogP contribution is 2.25. The minimum atomic E-state index is -0.968. The molecule has 0 atom stereocenters. The van der Waals surface area contributed by atoms with Crippen LogP contribution in [0.2, 0.25) is 0 Å². The normalized spacial score (nSPS) is 11.4. The molecule has 0 radical (unpaired) electrons. The molecule has 1 heterocycles. The van der Waals surface area contributed by atoms with Gasteiger partial charge in [0.15, 0.2) is 0 Å². The highest BCUT2D eigenvalue weighted by Gasteiger charge is 2.19. The summed E-state index contributed by atoms with van der Waals surface area (Å²) >= 11 is 3.24. The third-order valence-corrected chi connectivity index (χ3v) is 3.71. The van der Waals surface area contributed by atoms with Crippen molar-refractivity contribution in [3.8, 4) is 0 Å². The van der Waals surface area contributed by atoms with E-state index in [4.69, 9.17) is 0 Å². The van der Waals surface area contributed by atoms with E-state index >= 15 is 0 Å². The zero-order valence-electron chi connectivity index (χ0n) is 12.4. The molecule has 2 N–H and O–H groups in total. The first-order valence-electron chi connectivity index (χ1n) is 6.98. The number of hydrogen-bond acceptors (Lipinski definition) is 3. The van der Waals surface area contributed by atoms with Crippen LogP contribution in [-0.2, 0) is 0 Å². The molecular weight excluding hydrogens is 320 g/mol. The van der Waals surface area contributed by atoms with Crippen molar-refractivity contribution in [2.24, 2.45) is 5.41 Å². The molecule has 1 aromatic heterocycles. The van der Waals surface area contributed by atoms with Crippen molar-refractivity contribution < 1.29 is 9.90 Å². The zero-order valence-corrected chi connectivity index (χ0v) is 14.0. The summed E-state index contributed by atoms with van der Waals surface area (Å²) in [5.74, 6) is -0.533. The fourth-order valence-corrected chi connectivity index (χ4v) is 2.34. The van der Waals surface area contributed by atoms with Gasteiger partial charge in [-0.2, -0.15) is 0 Å². The number of halogens is 1. The topological polar surface area (TPSA) is 62.2 Å². The summed E-state index contributed by atoms with van der Waals surface area (Å²) in [7, 11) is 0. The van der Waals surface area contributed by atoms with Gasteiger partial charge in [-0.25, -0.2) is 9.78 Å². The number of anilines is 1. The number of carboxylic acids is 1. The minimum absolute atomic E-state index is 0.125. The number of nitrogens with zero attached hydrogens (tertiary/aromatic N) is 1. The molecule has 1 aromatic rings. The molecule has 0 amide bonds. The summed E-state index contributed by atoms with van der Waals surface area (Å²) in [6, 6.07) is 1.57. The average molecular weight is 343 g/mol. The van der Waals surface area contributed by atoms with Gasteiger partial charge in [0.05, 0.1) is 0 Å². The van der Waals surface area contributed by atoms with E-state index in [-0.39, 0.29) is 11.0 Å². The monoisotopic (exact) mass is 342 g/mol. The van der Waals surface area contributed by atoms with Gasteiger partial charge in [-0.05, 0) is 33.8 Å². The van der Waals surface area contributed by atoms with Crippen molar-refractivity contribution in [3.05, 3.63) is 22.3 Å². The van der Waals surface area contributed by atoms with Gasteiger partial charge in [0.25, 0.3) is 0 Å². The summed E-state index contributed by atoms with van der Waals surface area (Å²) < 4.78 is 0.669. The van der Waals surface area contributed by atoms with Gasteiger partial charge in [-0.15, -0.1) is 0 Å². The van der Waals surface area contributed by atoms with Crippen molar-refractivity contribution in [1.82, 2.24) is 4.98 Å². The molecule has 1 rings (SSSR count). The lowest BCUT2D eigenvalue weighted by molar-refractivity contribution is 0.0697. The van der Waals surface area contributed by atoms with Gasteiger partial charge >= 0.3 is 5.97 Å². The lowest BCUT2D eigenvalue weighted by Gasteiger charge is -2.25. The number of nitrogens with one attached hydrogen (secondary N) is 1. The van der Waals surface area contributed by atoms with Crippen LogP contribution in [0, 0.1) is 5.41 Å². The van der Waals surface area contributed by atoms with Crippen molar-refractivity contribution in [3.63, 3.8) is 0 Å². The van der Waals surface area contributed by atoms with E-state index in [0.29, 0.717) is 16.8 Å². The molecule has 0 fully saturated rings. The van der Waals surface area contributed by atoms with E-state index in [0.717, 1.165) is 6.42 Å². The highest BCUT2D eigenvalue weighted by atomic mass is 79.9. The lowest BCUT2D eigenvalue weighted by atomic mass is 9.87. The molecular formula is C15H23BrN2O2. The molecule has 0 saturated heterocycles. The van der Waals surface area contributed by atoms with Crippen LogP contribution in [0.25, 0.3) is 0 Å². The Morgan fingerprint density at radius 2 is 2.15 bits per heavy atom. The van der Waals surface area contributed by atoms with E-state index < -0.39 is 5.97 Å². The second-order valence-electron chi connectivity index (χ2n) is 5.83. The van der Waals surface area contributed by atoms with E-state index in [1.165, 1.54) is 19.3 Å². The molecule has 0 saturated carbocycles. The van der Waals surface area contributed by atoms with Crippen molar-refractivity contribution in [2.75, 3.05) is 11.9 Å². The maximum atomic E-state index is 11.2. The van der Waals surface area contributed by atoms with Crippen LogP contribution < -0.4 is 5.32 Å². The number of carboxylic acid groups (broad SMARTS) is 1. The van der Waals surface area contributed by atoms with Crippen LogP contribution in [-0.4, -0.2) is 22.6 Å². The van der Waals surface area contributed by atoms with Crippen molar-refractivity contribution >= 4 is 27.7 Å². The van der Waals surface area contributed by atoms with Crippen molar-refractivity contribution in [1.29, 1.82) is 0 Å². The van der Waals surface area contributed by atoms with Crippen LogP contribution in [0.15, 0.2) is 16.7 Å². The number of hydrogen-bond donors (Lipinski definition) is 2. The Balaban J connectivity index is 2.67. The maximum absolute atomic E-state index is 11.2. The van der Waals surface area contributed by atoms with Crippen molar-refractivity contribution in [2.45, 2.75) is 46.5 Å². The number of aromatic nitrogens is 1. The van der Waals surface area contributed by atoms with E-state index in [1.807, 2.05) is 0 Å². The van der Waals surface area contributed by atoms with E-state index in [9.17, 15) is 9.90 Å². The standard InChI is InChI=1S/C15H23BrN2O2/c1-4-5-6-7-15(2,3)10-18-13-12(14(19)20)8-11(16)9-17-13/h8-9H,4-7,10H2,1-3H3,(H,17,18)(H,19,20). The first-order chi connectivity index (χ1) is 9.35. The quantitative estimate of drug-likeness (QED) is 0.679. The second kappa shape index (κ2) is 7.62. The SMILES string of the molecule is CCCCCC(C)(C)CNc1ncc(Br)cc1C(=O)O. The third-order valence-electron chi connectivity index (χ3n) is 3.28. The molecule has 0 unspecified atom stereocenters. The molecule has 4 nitrogen and oxygen atoms in total. The lowest BCUT2D eigenvalue weighted by Crippen LogP contribution is -2.24. The molecule has 0 bridgehead atoms. The Labute approximate surface area is 129 Å². The zero-order chi connectivity index (χ0) is 15.2. The maximum Gasteiger partial charge on any atom is 0.339 e. The Bertz CT molecular complexity index is 461. The summed E-state index contributed by atoms with van der Waals surface area (Å²) in [4.78, 5) is 15.4. The van der Waals surface area contributed by atoms with Crippen LogP contribution in [0.4, 0.5) is 5.82 Å². The van der Waals surface area contributed by atoms with E-state index in [2.05, 4.69) is 47.0 Å². The molecule has 0 spiro atoms. The summed E-state index contributed by atoms with van der Waals surface area (Å²) in [5, 5.41) is 12.4. The Hall–Kier alpha value is -1.10. The largest absolute Gasteiger partial charge is 0.478 e. The predicted octanol–water partition coefficient (Wildman–Crippen LogP) is 4.56. The number of aromatic carboxylic acids is 1. The average Bonchev–Trinajstić information content (AvgIpc) is 2.37. The molecule has 5 heteroatoms. The van der Waals surface area contributed by atoms with Gasteiger partial charge in [0.2, 0.25) is 0 Å². The number of rotatable bonds is 8. The van der Waals surface area contributed by atoms with Crippen LogP contribution in [0.5, 0.6) is 0 Å². The first-order valence-corrected chi connectivity index (χ1v) is 7.78. The third kappa shape index (κ3) is 5.49. The van der Waals surface area contributed by atoms with Crippen LogP contribution in [0.1, 0.15) is 56.8 Å². The Morgan fingerprint density at radius 3 is 2.75 bits per heavy atom. The Morgan fingerprint density at radius 1 is 1.45 bits per heavy atom. The highest BCUT2D eigenvalue weighted by molar-refractivity contribution is 9.10. The van der Waals surface area contributed by atoms with Gasteiger partial charge in [-0.3, -0.25) is 0 Å². The molecule has 0 aliphatic heterocycles. The fraction of sp³-hybridized carbons (Fsp3) is 0.600. The van der Waals surface area contributed by atoms with E-state index in [1.54, 1.807) is 12.3 Å². The molecule has 0 aliphatic carbocycles. The second-order valence-corrected chi connectivity index (χ2v) is 6.75. The molecule has 0 aliphatic rings. The summed E-state index contributed by atoms with van der Waals surface area (Å²) in [5.41, 5.74) is 0.323. The van der Waals surface area contributed by atoms with Gasteiger partial charge in [0, 0.05) is 17.2 Å². The fourth-order valence-electron chi connectivity index (χ4n) is 2.01. The number of unbranched alkanes of at least 4 members (excludes halogenated alkanes) is 2. The van der Waals surface area contributed by atoms with Crippen LogP contribution >= 0.6 is 15.9 Å². The summed E-state index contributed by atoms with van der Waals surface area (Å²) in [6.45, 7) is 7.28. The smallest absolute Gasteiger partial charge is 0.339 e. The molecule has 112 valence electrons. The predicted molar refractivity (Wildman–Crippen MR) is 85.3 cm³/mol. The first kappa shape index (κ1) is 17.0. The molecule has 0 aromatic carbocycles. The van der Waals surface area contributed by atoms with Gasteiger partial charge < -0.3 is 10.4 Å². The number of pyridine rings is 1. The van der Waals surface area contributed by atoms with Crippen LogP contribution in [0.3, 0.4) is 0 Å².